The van der Waals surface area contributed by atoms with E-state index in [1.54, 1.807) is 12.1 Å². The van der Waals surface area contributed by atoms with Crippen LogP contribution in [0, 0.1) is 0 Å². The summed E-state index contributed by atoms with van der Waals surface area (Å²) in [4.78, 5) is 28.0. The van der Waals surface area contributed by atoms with Crippen LogP contribution in [0.15, 0.2) is 12.1 Å². The van der Waals surface area contributed by atoms with E-state index >= 15 is 0 Å². The van der Waals surface area contributed by atoms with E-state index in [1.807, 2.05) is 0 Å². The van der Waals surface area contributed by atoms with E-state index in [0.29, 0.717) is 28.9 Å². The molecule has 0 aliphatic heterocycles. The van der Waals surface area contributed by atoms with Crippen LogP contribution in [0.1, 0.15) is 29.0 Å². The zero-order valence-corrected chi connectivity index (χ0v) is 10.6. The van der Waals surface area contributed by atoms with Crippen LogP contribution in [0.5, 0.6) is 0 Å². The molecule has 100 valence electrons. The maximum Gasteiger partial charge on any atom is 0.371 e. The second-order valence-electron chi connectivity index (χ2n) is 4.10. The van der Waals surface area contributed by atoms with Crippen molar-refractivity contribution in [1.29, 1.82) is 0 Å². The van der Waals surface area contributed by atoms with Gasteiger partial charge < -0.3 is 15.2 Å². The van der Waals surface area contributed by atoms with Gasteiger partial charge >= 0.3 is 11.9 Å². The quantitative estimate of drug-likeness (QED) is 0.781. The fourth-order valence-corrected chi connectivity index (χ4v) is 2.11. The molecule has 2 rings (SSSR count). The maximum absolute atomic E-state index is 10.9. The highest BCUT2D eigenvalue weighted by atomic mass is 35.5. The van der Waals surface area contributed by atoms with Gasteiger partial charge in [0.15, 0.2) is 0 Å². The number of H-pyrrole nitrogens is 1. The predicted molar refractivity (Wildman–Crippen MR) is 68.6 cm³/mol. The molecule has 0 saturated heterocycles. The van der Waals surface area contributed by atoms with Gasteiger partial charge in [-0.15, -0.1) is 0 Å². The number of aryl methyl sites for hydroxylation is 1. The van der Waals surface area contributed by atoms with Gasteiger partial charge in [-0.3, -0.25) is 4.79 Å². The molecule has 1 heterocycles. The number of aromatic carboxylic acids is 1. The lowest BCUT2D eigenvalue weighted by Crippen LogP contribution is -1.98. The van der Waals surface area contributed by atoms with Crippen LogP contribution in [0.3, 0.4) is 0 Å². The van der Waals surface area contributed by atoms with Gasteiger partial charge in [0.25, 0.3) is 0 Å². The topological polar surface area (TPSA) is 103 Å². The van der Waals surface area contributed by atoms with Crippen molar-refractivity contribution in [2.75, 3.05) is 0 Å². The number of nitrogens with zero attached hydrogens (tertiary/aromatic N) is 1. The standard InChI is InChI=1S/C12H11ClN2O4/c13-7-4-6(2-1-3-9(16)17)10-8(5-7)14-11(15-10)12(18)19/h4-5H,1-3H2,(H,14,15)(H,16,17)(H,18,19). The molecule has 3 N–H and O–H groups in total. The lowest BCUT2D eigenvalue weighted by Gasteiger charge is -2.02. The lowest BCUT2D eigenvalue weighted by molar-refractivity contribution is -0.137. The first kappa shape index (κ1) is 13.4. The van der Waals surface area contributed by atoms with E-state index in [9.17, 15) is 9.59 Å². The largest absolute Gasteiger partial charge is 0.481 e. The summed E-state index contributed by atoms with van der Waals surface area (Å²) in [5, 5.41) is 18.0. The minimum absolute atomic E-state index is 0.0459. The van der Waals surface area contributed by atoms with Gasteiger partial charge in [-0.2, -0.15) is 0 Å². The number of imidazole rings is 1. The summed E-state index contributed by atoms with van der Waals surface area (Å²) in [6, 6.07) is 3.27. The van der Waals surface area contributed by atoms with Gasteiger partial charge in [-0.1, -0.05) is 11.6 Å². The molecule has 0 spiro atoms. The third kappa shape index (κ3) is 3.03. The van der Waals surface area contributed by atoms with Crippen molar-refractivity contribution in [2.45, 2.75) is 19.3 Å². The Bertz CT molecular complexity index is 650. The first-order valence-electron chi connectivity index (χ1n) is 5.60. The number of fused-ring (bicyclic) bond motifs is 1. The van der Waals surface area contributed by atoms with Crippen molar-refractivity contribution in [2.24, 2.45) is 0 Å². The number of carboxylic acid groups (broad SMARTS) is 2. The van der Waals surface area contributed by atoms with Gasteiger partial charge in [0.1, 0.15) is 0 Å². The van der Waals surface area contributed by atoms with Crippen LogP contribution in [0.4, 0.5) is 0 Å². The van der Waals surface area contributed by atoms with Crippen molar-refractivity contribution >= 4 is 34.6 Å². The van der Waals surface area contributed by atoms with Crippen LogP contribution in [-0.2, 0) is 11.2 Å². The van der Waals surface area contributed by atoms with Gasteiger partial charge in [0.05, 0.1) is 11.0 Å². The normalized spacial score (nSPS) is 10.8. The van der Waals surface area contributed by atoms with Gasteiger partial charge in [0, 0.05) is 11.4 Å². The SMILES string of the molecule is O=C(O)CCCc1cc(Cl)cc2[nH]c(C(=O)O)nc12. The van der Waals surface area contributed by atoms with E-state index in [1.165, 1.54) is 0 Å². The Morgan fingerprint density at radius 2 is 2.05 bits per heavy atom. The van der Waals surface area contributed by atoms with Crippen LogP contribution >= 0.6 is 11.6 Å². The maximum atomic E-state index is 10.9. The van der Waals surface area contributed by atoms with Crippen molar-refractivity contribution in [3.8, 4) is 0 Å². The third-order valence-electron chi connectivity index (χ3n) is 2.67. The summed E-state index contributed by atoms with van der Waals surface area (Å²) >= 11 is 5.94. The van der Waals surface area contributed by atoms with Crippen LogP contribution in [-0.4, -0.2) is 32.1 Å². The highest BCUT2D eigenvalue weighted by Gasteiger charge is 2.13. The number of aromatic nitrogens is 2. The number of rotatable bonds is 5. The minimum atomic E-state index is -1.15. The van der Waals surface area contributed by atoms with E-state index in [4.69, 9.17) is 21.8 Å². The molecule has 0 unspecified atom stereocenters. The number of carboxylic acids is 2. The van der Waals surface area contributed by atoms with Crippen molar-refractivity contribution in [1.82, 2.24) is 9.97 Å². The van der Waals surface area contributed by atoms with Crippen molar-refractivity contribution < 1.29 is 19.8 Å². The van der Waals surface area contributed by atoms with Crippen LogP contribution in [0.25, 0.3) is 11.0 Å². The molecule has 0 radical (unpaired) electrons. The Morgan fingerprint density at radius 1 is 1.32 bits per heavy atom. The van der Waals surface area contributed by atoms with Crippen molar-refractivity contribution in [3.63, 3.8) is 0 Å². The lowest BCUT2D eigenvalue weighted by atomic mass is 10.1. The van der Waals surface area contributed by atoms with Crippen LogP contribution in [0.2, 0.25) is 5.02 Å². The Hall–Kier alpha value is -2.08. The first-order chi connectivity index (χ1) is 8.97. The fraction of sp³-hybridized carbons (Fsp3) is 0.250. The highest BCUT2D eigenvalue weighted by Crippen LogP contribution is 2.24. The molecule has 0 atom stereocenters. The number of hydrogen-bond acceptors (Lipinski definition) is 3. The number of halogens is 1. The average molecular weight is 283 g/mol. The van der Waals surface area contributed by atoms with E-state index in [0.717, 1.165) is 5.56 Å². The third-order valence-corrected chi connectivity index (χ3v) is 2.89. The second-order valence-corrected chi connectivity index (χ2v) is 4.54. The Kier molecular flexibility index (Phi) is 3.71. The van der Waals surface area contributed by atoms with Crippen molar-refractivity contribution in [3.05, 3.63) is 28.5 Å². The first-order valence-corrected chi connectivity index (χ1v) is 5.98. The average Bonchev–Trinajstić information content (AvgIpc) is 2.72. The fourth-order valence-electron chi connectivity index (χ4n) is 1.87. The summed E-state index contributed by atoms with van der Waals surface area (Å²) < 4.78 is 0. The predicted octanol–water partition coefficient (Wildman–Crippen LogP) is 2.32. The summed E-state index contributed by atoms with van der Waals surface area (Å²) in [5.41, 5.74) is 1.80. The molecule has 2 aromatic rings. The smallest absolute Gasteiger partial charge is 0.371 e. The van der Waals surface area contributed by atoms with Gasteiger partial charge in [-0.25, -0.2) is 9.78 Å². The molecule has 0 saturated carbocycles. The Balaban J connectivity index is 2.35. The minimum Gasteiger partial charge on any atom is -0.481 e. The zero-order valence-electron chi connectivity index (χ0n) is 9.81. The molecule has 0 bridgehead atoms. The molecule has 6 nitrogen and oxygen atoms in total. The Labute approximate surface area is 113 Å². The van der Waals surface area contributed by atoms with E-state index in [-0.39, 0.29) is 12.2 Å². The van der Waals surface area contributed by atoms with Crippen LogP contribution < -0.4 is 0 Å². The number of benzene rings is 1. The molecule has 0 aliphatic rings. The molecule has 0 amide bonds. The molecular weight excluding hydrogens is 272 g/mol. The number of aliphatic carboxylic acids is 1. The number of hydrogen-bond donors (Lipinski definition) is 3. The molecule has 7 heteroatoms. The molecule has 1 aromatic heterocycles. The van der Waals surface area contributed by atoms with E-state index < -0.39 is 11.9 Å². The molecular formula is C12H11ClN2O4. The van der Waals surface area contributed by atoms with Gasteiger partial charge in [-0.05, 0) is 30.5 Å². The number of aromatic amines is 1. The highest BCUT2D eigenvalue weighted by molar-refractivity contribution is 6.31. The Morgan fingerprint density at radius 3 is 2.68 bits per heavy atom. The number of nitrogens with one attached hydrogen (secondary N) is 1. The summed E-state index contributed by atoms with van der Waals surface area (Å²) in [5.74, 6) is -2.17. The monoisotopic (exact) mass is 282 g/mol. The molecule has 0 aliphatic carbocycles. The number of carbonyl (C=O) groups is 2. The second kappa shape index (κ2) is 5.27. The summed E-state index contributed by atoms with van der Waals surface area (Å²) in [6.45, 7) is 0. The molecule has 1 aromatic carbocycles. The summed E-state index contributed by atoms with van der Waals surface area (Å²) in [6.07, 6.45) is 0.970. The van der Waals surface area contributed by atoms with Gasteiger partial charge in [0.2, 0.25) is 5.82 Å². The summed E-state index contributed by atoms with van der Waals surface area (Å²) in [7, 11) is 0. The molecule has 0 fully saturated rings. The van der Waals surface area contributed by atoms with E-state index in [2.05, 4.69) is 9.97 Å². The zero-order chi connectivity index (χ0) is 14.0. The molecule has 19 heavy (non-hydrogen) atoms.